The second kappa shape index (κ2) is 11.3. The highest BCUT2D eigenvalue weighted by Crippen LogP contribution is 2.37. The van der Waals surface area contributed by atoms with Crippen LogP contribution in [0.4, 0.5) is 11.4 Å². The zero-order valence-corrected chi connectivity index (χ0v) is 17.9. The molecule has 1 heterocycles. The van der Waals surface area contributed by atoms with Crippen molar-refractivity contribution in [2.24, 2.45) is 0 Å². The lowest BCUT2D eigenvalue weighted by atomic mass is 9.98. The molecule has 0 radical (unpaired) electrons. The number of nitrogens with one attached hydrogen (secondary N) is 1. The number of aliphatic carboxylic acids is 1. The Morgan fingerprint density at radius 3 is 2.21 bits per heavy atom. The number of carboxylic acids is 1. The molecule has 28 heavy (non-hydrogen) atoms. The standard InChI is InChI=1S/C20H24Cl2N2.C2H4O2/c1-2-19(24-13-6-3-7-14-24)15-9-4-5-12-18(15)23-20-16(21)10-8-11-17(20)22;1-2(3)4/h4-5,8-12,19,23H,2-3,6-7,13-14H2,1H3;1H3,(H,3,4). The average Bonchev–Trinajstić information content (AvgIpc) is 2.67. The summed E-state index contributed by atoms with van der Waals surface area (Å²) in [6, 6.07) is 14.5. The summed E-state index contributed by atoms with van der Waals surface area (Å²) in [7, 11) is 0. The molecule has 0 amide bonds. The zero-order valence-electron chi connectivity index (χ0n) is 16.4. The van der Waals surface area contributed by atoms with E-state index < -0.39 is 5.97 Å². The number of rotatable bonds is 5. The normalized spacial score (nSPS) is 15.3. The van der Waals surface area contributed by atoms with Gasteiger partial charge in [0.05, 0.1) is 15.7 Å². The molecular formula is C22H28Cl2N2O2. The molecule has 0 aromatic heterocycles. The zero-order chi connectivity index (χ0) is 20.5. The fourth-order valence-corrected chi connectivity index (χ4v) is 4.05. The van der Waals surface area contributed by atoms with Gasteiger partial charge in [-0.2, -0.15) is 0 Å². The van der Waals surface area contributed by atoms with E-state index >= 15 is 0 Å². The summed E-state index contributed by atoms with van der Waals surface area (Å²) in [6.07, 6.45) is 5.03. The first-order valence-electron chi connectivity index (χ1n) is 9.67. The van der Waals surface area contributed by atoms with Crippen LogP contribution in [-0.4, -0.2) is 29.1 Å². The second-order valence-corrected chi connectivity index (χ2v) is 7.66. The maximum Gasteiger partial charge on any atom is 0.300 e. The van der Waals surface area contributed by atoms with Crippen LogP contribution >= 0.6 is 23.2 Å². The predicted molar refractivity (Wildman–Crippen MR) is 118 cm³/mol. The molecule has 0 bridgehead atoms. The van der Waals surface area contributed by atoms with Gasteiger partial charge in [-0.1, -0.05) is 60.8 Å². The molecule has 2 aromatic rings. The average molecular weight is 423 g/mol. The molecule has 1 atom stereocenters. The highest BCUT2D eigenvalue weighted by molar-refractivity contribution is 6.39. The summed E-state index contributed by atoms with van der Waals surface area (Å²) in [4.78, 5) is 11.6. The van der Waals surface area contributed by atoms with Crippen LogP contribution in [0.1, 0.15) is 51.1 Å². The van der Waals surface area contributed by atoms with Gasteiger partial charge in [-0.05, 0) is 56.1 Å². The molecule has 1 unspecified atom stereocenters. The number of hydrogen-bond donors (Lipinski definition) is 2. The van der Waals surface area contributed by atoms with Crippen molar-refractivity contribution in [2.45, 2.75) is 45.6 Å². The van der Waals surface area contributed by atoms with Crippen molar-refractivity contribution in [1.29, 1.82) is 0 Å². The van der Waals surface area contributed by atoms with E-state index in [1.807, 2.05) is 18.2 Å². The summed E-state index contributed by atoms with van der Waals surface area (Å²) in [5.74, 6) is -0.833. The first-order valence-corrected chi connectivity index (χ1v) is 10.4. The second-order valence-electron chi connectivity index (χ2n) is 6.85. The Balaban J connectivity index is 0.000000640. The van der Waals surface area contributed by atoms with Crippen molar-refractivity contribution in [2.75, 3.05) is 18.4 Å². The molecule has 2 aromatic carbocycles. The molecule has 1 aliphatic rings. The number of halogens is 2. The smallest absolute Gasteiger partial charge is 0.300 e. The molecule has 1 aliphatic heterocycles. The molecule has 6 heteroatoms. The van der Waals surface area contributed by atoms with Gasteiger partial charge < -0.3 is 10.4 Å². The monoisotopic (exact) mass is 422 g/mol. The Morgan fingerprint density at radius 2 is 1.64 bits per heavy atom. The van der Waals surface area contributed by atoms with Crippen LogP contribution in [0.5, 0.6) is 0 Å². The van der Waals surface area contributed by atoms with E-state index in [0.717, 1.165) is 24.7 Å². The molecular weight excluding hydrogens is 395 g/mol. The van der Waals surface area contributed by atoms with E-state index in [1.165, 1.54) is 37.9 Å². The summed E-state index contributed by atoms with van der Waals surface area (Å²) in [6.45, 7) is 5.71. The number of benzene rings is 2. The SMILES string of the molecule is CC(=O)O.CCC(c1ccccc1Nc1c(Cl)cccc1Cl)N1CCCCC1. The Labute approximate surface area is 177 Å². The van der Waals surface area contributed by atoms with Crippen LogP contribution in [0.2, 0.25) is 10.0 Å². The van der Waals surface area contributed by atoms with E-state index in [2.05, 4.69) is 41.4 Å². The molecule has 3 rings (SSSR count). The highest BCUT2D eigenvalue weighted by atomic mass is 35.5. The van der Waals surface area contributed by atoms with Crippen LogP contribution in [0.15, 0.2) is 42.5 Å². The Morgan fingerprint density at radius 1 is 1.07 bits per heavy atom. The van der Waals surface area contributed by atoms with Crippen molar-refractivity contribution in [3.05, 3.63) is 58.1 Å². The van der Waals surface area contributed by atoms with Gasteiger partial charge in [-0.15, -0.1) is 0 Å². The van der Waals surface area contributed by atoms with E-state index in [1.54, 1.807) is 0 Å². The predicted octanol–water partition coefficient (Wildman–Crippen LogP) is 6.76. The van der Waals surface area contributed by atoms with Crippen LogP contribution in [0, 0.1) is 0 Å². The third kappa shape index (κ3) is 6.40. The van der Waals surface area contributed by atoms with E-state index in [-0.39, 0.29) is 0 Å². The van der Waals surface area contributed by atoms with Crippen molar-refractivity contribution < 1.29 is 9.90 Å². The third-order valence-electron chi connectivity index (χ3n) is 4.76. The highest BCUT2D eigenvalue weighted by Gasteiger charge is 2.23. The third-order valence-corrected chi connectivity index (χ3v) is 5.39. The molecule has 1 saturated heterocycles. The van der Waals surface area contributed by atoms with Gasteiger partial charge in [0.1, 0.15) is 0 Å². The molecule has 0 spiro atoms. The summed E-state index contributed by atoms with van der Waals surface area (Å²) >= 11 is 12.7. The van der Waals surface area contributed by atoms with Crippen LogP contribution < -0.4 is 5.32 Å². The number of nitrogens with zero attached hydrogens (tertiary/aromatic N) is 1. The lowest BCUT2D eigenvalue weighted by Gasteiger charge is -2.35. The lowest BCUT2D eigenvalue weighted by molar-refractivity contribution is -0.134. The number of likely N-dealkylation sites (tertiary alicyclic amines) is 1. The van der Waals surface area contributed by atoms with Crippen LogP contribution in [0.25, 0.3) is 0 Å². The van der Waals surface area contributed by atoms with Crippen molar-refractivity contribution >= 4 is 40.5 Å². The number of carboxylic acid groups (broad SMARTS) is 1. The Bertz CT molecular complexity index is 753. The minimum atomic E-state index is -0.833. The largest absolute Gasteiger partial charge is 0.481 e. The molecule has 0 aliphatic carbocycles. The number of piperidine rings is 1. The quantitative estimate of drug-likeness (QED) is 0.558. The first-order chi connectivity index (χ1) is 13.4. The topological polar surface area (TPSA) is 52.6 Å². The van der Waals surface area contributed by atoms with Gasteiger partial charge in [0.25, 0.3) is 5.97 Å². The first kappa shape index (κ1) is 22.5. The van der Waals surface area contributed by atoms with Gasteiger partial charge in [0.2, 0.25) is 0 Å². The van der Waals surface area contributed by atoms with Gasteiger partial charge >= 0.3 is 0 Å². The maximum atomic E-state index is 9.00. The minimum Gasteiger partial charge on any atom is -0.481 e. The number of para-hydroxylation sites is 2. The number of carbonyl (C=O) groups is 1. The van der Waals surface area contributed by atoms with Crippen LogP contribution in [-0.2, 0) is 4.79 Å². The van der Waals surface area contributed by atoms with Gasteiger partial charge in [0.15, 0.2) is 0 Å². The van der Waals surface area contributed by atoms with E-state index in [9.17, 15) is 0 Å². The molecule has 1 fully saturated rings. The van der Waals surface area contributed by atoms with Gasteiger partial charge in [-0.25, -0.2) is 0 Å². The van der Waals surface area contributed by atoms with Gasteiger partial charge in [-0.3, -0.25) is 9.69 Å². The Kier molecular flexibility index (Phi) is 9.10. The van der Waals surface area contributed by atoms with Crippen molar-refractivity contribution in [3.63, 3.8) is 0 Å². The summed E-state index contributed by atoms with van der Waals surface area (Å²) < 4.78 is 0. The summed E-state index contributed by atoms with van der Waals surface area (Å²) in [5.41, 5.74) is 3.18. The fraction of sp³-hybridized carbons (Fsp3) is 0.409. The van der Waals surface area contributed by atoms with E-state index in [4.69, 9.17) is 33.1 Å². The van der Waals surface area contributed by atoms with Gasteiger partial charge in [0, 0.05) is 18.7 Å². The fourth-order valence-electron chi connectivity index (χ4n) is 3.56. The molecule has 0 saturated carbocycles. The minimum absolute atomic E-state index is 0.426. The molecule has 4 nitrogen and oxygen atoms in total. The van der Waals surface area contributed by atoms with Crippen molar-refractivity contribution in [3.8, 4) is 0 Å². The lowest BCUT2D eigenvalue weighted by Crippen LogP contribution is -2.33. The molecule has 152 valence electrons. The van der Waals surface area contributed by atoms with Crippen LogP contribution in [0.3, 0.4) is 0 Å². The van der Waals surface area contributed by atoms with Crippen molar-refractivity contribution in [1.82, 2.24) is 4.90 Å². The molecule has 2 N–H and O–H groups in total. The van der Waals surface area contributed by atoms with E-state index in [0.29, 0.717) is 16.1 Å². The number of hydrogen-bond acceptors (Lipinski definition) is 3. The summed E-state index contributed by atoms with van der Waals surface area (Å²) in [5, 5.41) is 12.2. The maximum absolute atomic E-state index is 9.00. The number of anilines is 2. The Hall–Kier alpha value is -1.75.